The third kappa shape index (κ3) is 5.06. The lowest BCUT2D eigenvalue weighted by atomic mass is 10.2. The summed E-state index contributed by atoms with van der Waals surface area (Å²) in [5.41, 5.74) is 0.896. The van der Waals surface area contributed by atoms with Crippen LogP contribution in [0.25, 0.3) is 0 Å². The van der Waals surface area contributed by atoms with E-state index in [0.717, 1.165) is 23.0 Å². The van der Waals surface area contributed by atoms with Gasteiger partial charge in [-0.05, 0) is 57.5 Å². The molecule has 146 valence electrons. The van der Waals surface area contributed by atoms with Gasteiger partial charge in [-0.15, -0.1) is 0 Å². The van der Waals surface area contributed by atoms with Gasteiger partial charge < -0.3 is 4.90 Å². The van der Waals surface area contributed by atoms with Crippen molar-refractivity contribution in [2.24, 2.45) is 0 Å². The summed E-state index contributed by atoms with van der Waals surface area (Å²) in [5.74, 6) is 0.106. The van der Waals surface area contributed by atoms with Crippen molar-refractivity contribution in [3.8, 4) is 0 Å². The van der Waals surface area contributed by atoms with Crippen LogP contribution in [0, 0.1) is 6.92 Å². The molecule has 0 aromatic heterocycles. The Morgan fingerprint density at radius 1 is 1.15 bits per heavy atom. The first-order valence-electron chi connectivity index (χ1n) is 9.06. The Balaban J connectivity index is 2.05. The first kappa shape index (κ1) is 21.3. The lowest BCUT2D eigenvalue weighted by molar-refractivity contribution is -0.132. The maximum atomic E-state index is 13.0. The van der Waals surface area contributed by atoms with Crippen molar-refractivity contribution in [3.05, 3.63) is 28.2 Å². The van der Waals surface area contributed by atoms with Crippen LogP contribution in [0.15, 0.2) is 27.6 Å². The van der Waals surface area contributed by atoms with Crippen molar-refractivity contribution in [1.29, 1.82) is 0 Å². The second-order valence-electron chi connectivity index (χ2n) is 6.51. The number of hydrogen-bond donors (Lipinski definition) is 0. The highest BCUT2D eigenvalue weighted by atomic mass is 79.9. The highest BCUT2D eigenvalue weighted by Gasteiger charge is 2.28. The van der Waals surface area contributed by atoms with Gasteiger partial charge in [0.15, 0.2) is 0 Å². The van der Waals surface area contributed by atoms with Gasteiger partial charge in [-0.3, -0.25) is 9.69 Å². The molecule has 1 aromatic carbocycles. The Morgan fingerprint density at radius 3 is 2.46 bits per heavy atom. The molecule has 0 N–H and O–H groups in total. The zero-order chi connectivity index (χ0) is 19.3. The second kappa shape index (κ2) is 9.30. The van der Waals surface area contributed by atoms with E-state index in [4.69, 9.17) is 0 Å². The smallest absolute Gasteiger partial charge is 0.243 e. The number of amides is 1. The van der Waals surface area contributed by atoms with Gasteiger partial charge in [0.2, 0.25) is 15.9 Å². The summed E-state index contributed by atoms with van der Waals surface area (Å²) in [5, 5.41) is 0. The van der Waals surface area contributed by atoms with Crippen LogP contribution < -0.4 is 0 Å². The van der Waals surface area contributed by atoms with Crippen LogP contribution in [0.1, 0.15) is 25.8 Å². The quantitative estimate of drug-likeness (QED) is 0.673. The summed E-state index contributed by atoms with van der Waals surface area (Å²) in [6.45, 7) is 9.77. The van der Waals surface area contributed by atoms with Crippen molar-refractivity contribution < 1.29 is 13.2 Å². The molecule has 0 bridgehead atoms. The molecule has 1 saturated heterocycles. The third-order valence-corrected chi connectivity index (χ3v) is 7.57. The molecule has 0 saturated carbocycles. The first-order chi connectivity index (χ1) is 12.3. The van der Waals surface area contributed by atoms with Crippen molar-refractivity contribution in [2.45, 2.75) is 32.1 Å². The minimum absolute atomic E-state index is 0.106. The van der Waals surface area contributed by atoms with Gasteiger partial charge in [0.25, 0.3) is 0 Å². The van der Waals surface area contributed by atoms with Crippen LogP contribution in [0.3, 0.4) is 0 Å². The van der Waals surface area contributed by atoms with E-state index in [2.05, 4.69) is 20.8 Å². The Bertz CT molecular complexity index is 735. The number of aryl methyl sites for hydroxylation is 1. The van der Waals surface area contributed by atoms with E-state index < -0.39 is 10.0 Å². The number of nitrogens with zero attached hydrogens (tertiary/aromatic N) is 3. The van der Waals surface area contributed by atoms with Crippen LogP contribution in [0.4, 0.5) is 0 Å². The van der Waals surface area contributed by atoms with Gasteiger partial charge >= 0.3 is 0 Å². The summed E-state index contributed by atoms with van der Waals surface area (Å²) in [6.07, 6.45) is 0.722. The summed E-state index contributed by atoms with van der Waals surface area (Å²) in [4.78, 5) is 16.5. The van der Waals surface area contributed by atoms with Crippen LogP contribution in [0.5, 0.6) is 0 Å². The summed E-state index contributed by atoms with van der Waals surface area (Å²) >= 11 is 3.41. The summed E-state index contributed by atoms with van der Waals surface area (Å²) in [7, 11) is -3.51. The molecule has 1 aliphatic heterocycles. The molecule has 1 amide bonds. The number of rotatable bonds is 6. The largest absolute Gasteiger partial charge is 0.342 e. The Labute approximate surface area is 165 Å². The predicted molar refractivity (Wildman–Crippen MR) is 107 cm³/mol. The van der Waals surface area contributed by atoms with Gasteiger partial charge in [-0.1, -0.05) is 15.9 Å². The second-order valence-corrected chi connectivity index (χ2v) is 9.30. The van der Waals surface area contributed by atoms with Crippen molar-refractivity contribution in [3.63, 3.8) is 0 Å². The van der Waals surface area contributed by atoms with Crippen LogP contribution in [-0.4, -0.2) is 74.2 Å². The standard InChI is InChI=1S/C18H28BrN3O3S/c1-4-21(5-2)18(23)14-20-9-6-10-22(12-11-20)26(24,25)16-7-8-17(19)15(3)13-16/h7-8,13H,4-6,9-12,14H2,1-3H3. The van der Waals surface area contributed by atoms with Crippen molar-refractivity contribution >= 4 is 31.9 Å². The van der Waals surface area contributed by atoms with E-state index in [0.29, 0.717) is 44.2 Å². The average Bonchev–Trinajstić information content (AvgIpc) is 2.84. The van der Waals surface area contributed by atoms with E-state index in [1.54, 1.807) is 18.2 Å². The van der Waals surface area contributed by atoms with Gasteiger partial charge in [0.05, 0.1) is 11.4 Å². The molecule has 1 aliphatic rings. The van der Waals surface area contributed by atoms with Crippen LogP contribution in [0.2, 0.25) is 0 Å². The highest BCUT2D eigenvalue weighted by Crippen LogP contribution is 2.23. The lowest BCUT2D eigenvalue weighted by Gasteiger charge is -2.25. The number of halogens is 1. The number of carbonyl (C=O) groups excluding carboxylic acids is 1. The van der Waals surface area contributed by atoms with E-state index in [1.165, 1.54) is 4.31 Å². The normalized spacial score (nSPS) is 17.1. The molecule has 1 heterocycles. The predicted octanol–water partition coefficient (Wildman–Crippen LogP) is 2.32. The molecule has 2 rings (SSSR count). The van der Waals surface area contributed by atoms with E-state index >= 15 is 0 Å². The average molecular weight is 446 g/mol. The maximum absolute atomic E-state index is 13.0. The third-order valence-electron chi connectivity index (χ3n) is 4.79. The lowest BCUT2D eigenvalue weighted by Crippen LogP contribution is -2.42. The fraction of sp³-hybridized carbons (Fsp3) is 0.611. The number of carbonyl (C=O) groups is 1. The van der Waals surface area contributed by atoms with E-state index in [1.807, 2.05) is 25.7 Å². The molecule has 0 spiro atoms. The monoisotopic (exact) mass is 445 g/mol. The number of benzene rings is 1. The van der Waals surface area contributed by atoms with E-state index in [-0.39, 0.29) is 5.91 Å². The number of likely N-dealkylation sites (N-methyl/N-ethyl adjacent to an activating group) is 1. The molecule has 0 radical (unpaired) electrons. The van der Waals surface area contributed by atoms with Gasteiger partial charge in [0, 0.05) is 37.2 Å². The molecular weight excluding hydrogens is 418 g/mol. The van der Waals surface area contributed by atoms with Gasteiger partial charge in [0.1, 0.15) is 0 Å². The Morgan fingerprint density at radius 2 is 1.85 bits per heavy atom. The molecule has 6 nitrogen and oxygen atoms in total. The van der Waals surface area contributed by atoms with Gasteiger partial charge in [-0.25, -0.2) is 8.42 Å². The van der Waals surface area contributed by atoms with Crippen LogP contribution >= 0.6 is 15.9 Å². The fourth-order valence-corrected chi connectivity index (χ4v) is 4.94. The van der Waals surface area contributed by atoms with Crippen molar-refractivity contribution in [2.75, 3.05) is 45.8 Å². The first-order valence-corrected chi connectivity index (χ1v) is 11.3. The fourth-order valence-electron chi connectivity index (χ4n) is 3.14. The topological polar surface area (TPSA) is 60.9 Å². The molecule has 8 heteroatoms. The SMILES string of the molecule is CCN(CC)C(=O)CN1CCCN(S(=O)(=O)c2ccc(Br)c(C)c2)CC1. The minimum Gasteiger partial charge on any atom is -0.342 e. The number of hydrogen-bond acceptors (Lipinski definition) is 4. The van der Waals surface area contributed by atoms with E-state index in [9.17, 15) is 13.2 Å². The summed E-state index contributed by atoms with van der Waals surface area (Å²) < 4.78 is 28.3. The highest BCUT2D eigenvalue weighted by molar-refractivity contribution is 9.10. The molecule has 0 aliphatic carbocycles. The number of sulfonamides is 1. The van der Waals surface area contributed by atoms with Gasteiger partial charge in [-0.2, -0.15) is 4.31 Å². The maximum Gasteiger partial charge on any atom is 0.243 e. The molecule has 0 unspecified atom stereocenters. The van der Waals surface area contributed by atoms with Crippen molar-refractivity contribution in [1.82, 2.24) is 14.1 Å². The summed E-state index contributed by atoms with van der Waals surface area (Å²) in [6, 6.07) is 5.11. The zero-order valence-electron chi connectivity index (χ0n) is 15.7. The Kier molecular flexibility index (Phi) is 7.63. The molecule has 26 heavy (non-hydrogen) atoms. The Hall–Kier alpha value is -0.960. The minimum atomic E-state index is -3.51. The molecule has 1 aromatic rings. The van der Waals surface area contributed by atoms with Crippen LogP contribution in [-0.2, 0) is 14.8 Å². The molecule has 1 fully saturated rings. The zero-order valence-corrected chi connectivity index (χ0v) is 18.1. The molecular formula is C18H28BrN3O3S. The molecule has 0 atom stereocenters.